The van der Waals surface area contributed by atoms with E-state index in [1.165, 1.54) is 22.9 Å². The molecule has 0 saturated heterocycles. The molecule has 0 spiro atoms. The van der Waals surface area contributed by atoms with Crippen molar-refractivity contribution in [2.24, 2.45) is 0 Å². The van der Waals surface area contributed by atoms with Crippen molar-refractivity contribution in [3.05, 3.63) is 46.9 Å². The second-order valence-corrected chi connectivity index (χ2v) is 2.36. The van der Waals surface area contributed by atoms with Gasteiger partial charge in [0, 0.05) is 24.4 Å². The largest absolute Gasteiger partial charge is 0.311 e. The summed E-state index contributed by atoms with van der Waals surface area (Å²) in [5, 5.41) is 0. The SMILES string of the molecule is C=CCn1cc(C=O)ccc1=O. The molecule has 62 valence electrons. The molecule has 0 aromatic carbocycles. The second-order valence-electron chi connectivity index (χ2n) is 2.36. The summed E-state index contributed by atoms with van der Waals surface area (Å²) in [6.07, 6.45) is 3.83. The Morgan fingerprint density at radius 1 is 1.50 bits per heavy atom. The fourth-order valence-electron chi connectivity index (χ4n) is 0.901. The molecule has 0 saturated carbocycles. The second kappa shape index (κ2) is 3.67. The van der Waals surface area contributed by atoms with Gasteiger partial charge < -0.3 is 4.57 Å². The van der Waals surface area contributed by atoms with E-state index >= 15 is 0 Å². The molecular weight excluding hydrogens is 154 g/mol. The van der Waals surface area contributed by atoms with Crippen molar-refractivity contribution in [1.29, 1.82) is 0 Å². The lowest BCUT2D eigenvalue weighted by Crippen LogP contribution is -2.17. The molecule has 0 radical (unpaired) electrons. The number of pyridine rings is 1. The molecule has 0 N–H and O–H groups in total. The van der Waals surface area contributed by atoms with Crippen molar-refractivity contribution in [3.63, 3.8) is 0 Å². The Kier molecular flexibility index (Phi) is 2.58. The number of allylic oxidation sites excluding steroid dienone is 1. The molecule has 0 aliphatic rings. The minimum atomic E-state index is -0.125. The van der Waals surface area contributed by atoms with Crippen LogP contribution in [0.2, 0.25) is 0 Å². The number of aldehydes is 1. The molecule has 1 heterocycles. The van der Waals surface area contributed by atoms with E-state index in [1.807, 2.05) is 0 Å². The summed E-state index contributed by atoms with van der Waals surface area (Å²) in [6, 6.07) is 2.86. The topological polar surface area (TPSA) is 39.1 Å². The Hall–Kier alpha value is -1.64. The standard InChI is InChI=1S/C9H9NO2/c1-2-5-10-6-8(7-11)3-4-9(10)12/h2-4,6-7H,1,5H2. The third-order valence-electron chi connectivity index (χ3n) is 1.47. The Morgan fingerprint density at radius 2 is 2.25 bits per heavy atom. The zero-order chi connectivity index (χ0) is 8.97. The lowest BCUT2D eigenvalue weighted by atomic mass is 10.3. The Bertz CT molecular complexity index is 352. The molecule has 0 atom stereocenters. The van der Waals surface area contributed by atoms with Crippen LogP contribution in [0.25, 0.3) is 0 Å². The van der Waals surface area contributed by atoms with Gasteiger partial charge in [-0.15, -0.1) is 6.58 Å². The average Bonchev–Trinajstić information content (AvgIpc) is 2.09. The Morgan fingerprint density at radius 3 is 2.83 bits per heavy atom. The quantitative estimate of drug-likeness (QED) is 0.489. The van der Waals surface area contributed by atoms with Crippen LogP contribution >= 0.6 is 0 Å². The van der Waals surface area contributed by atoms with E-state index in [4.69, 9.17) is 0 Å². The maximum Gasteiger partial charge on any atom is 0.250 e. The van der Waals surface area contributed by atoms with Crippen molar-refractivity contribution in [3.8, 4) is 0 Å². The number of hydrogen-bond donors (Lipinski definition) is 0. The van der Waals surface area contributed by atoms with Crippen LogP contribution < -0.4 is 5.56 Å². The molecule has 1 aromatic heterocycles. The minimum Gasteiger partial charge on any atom is -0.311 e. The fraction of sp³-hybridized carbons (Fsp3) is 0.111. The van der Waals surface area contributed by atoms with E-state index in [9.17, 15) is 9.59 Å². The molecule has 0 amide bonds. The highest BCUT2D eigenvalue weighted by Gasteiger charge is 1.94. The molecule has 0 bridgehead atoms. The van der Waals surface area contributed by atoms with Crippen molar-refractivity contribution in [2.45, 2.75) is 6.54 Å². The summed E-state index contributed by atoms with van der Waals surface area (Å²) in [5.74, 6) is 0. The van der Waals surface area contributed by atoms with Crippen LogP contribution in [0.15, 0.2) is 35.8 Å². The number of hydrogen-bond acceptors (Lipinski definition) is 2. The Balaban J connectivity index is 3.16. The molecule has 0 unspecified atom stereocenters. The first-order valence-corrected chi connectivity index (χ1v) is 3.54. The van der Waals surface area contributed by atoms with E-state index in [2.05, 4.69) is 6.58 Å². The molecule has 0 fully saturated rings. The molecule has 1 rings (SSSR count). The van der Waals surface area contributed by atoms with Crippen molar-refractivity contribution >= 4 is 6.29 Å². The highest BCUT2D eigenvalue weighted by molar-refractivity contribution is 5.73. The van der Waals surface area contributed by atoms with E-state index in [1.54, 1.807) is 6.08 Å². The van der Waals surface area contributed by atoms with Gasteiger partial charge in [-0.3, -0.25) is 9.59 Å². The maximum absolute atomic E-state index is 11.1. The number of aromatic nitrogens is 1. The normalized spacial score (nSPS) is 9.33. The van der Waals surface area contributed by atoms with Crippen molar-refractivity contribution in [2.75, 3.05) is 0 Å². The molecule has 3 heteroatoms. The van der Waals surface area contributed by atoms with Gasteiger partial charge in [-0.25, -0.2) is 0 Å². The van der Waals surface area contributed by atoms with Crippen LogP contribution in [0.1, 0.15) is 10.4 Å². The van der Waals surface area contributed by atoms with Crippen LogP contribution in [0, 0.1) is 0 Å². The van der Waals surface area contributed by atoms with Crippen LogP contribution in [0.3, 0.4) is 0 Å². The van der Waals surface area contributed by atoms with Gasteiger partial charge in [0.25, 0.3) is 5.56 Å². The van der Waals surface area contributed by atoms with Gasteiger partial charge >= 0.3 is 0 Å². The number of carbonyl (C=O) groups excluding carboxylic acids is 1. The van der Waals surface area contributed by atoms with Crippen LogP contribution in [0.4, 0.5) is 0 Å². The zero-order valence-electron chi connectivity index (χ0n) is 6.56. The molecule has 0 aliphatic carbocycles. The summed E-state index contributed by atoms with van der Waals surface area (Å²) in [7, 11) is 0. The van der Waals surface area contributed by atoms with Gasteiger partial charge in [0.2, 0.25) is 0 Å². The smallest absolute Gasteiger partial charge is 0.250 e. The van der Waals surface area contributed by atoms with Crippen molar-refractivity contribution < 1.29 is 4.79 Å². The summed E-state index contributed by atoms with van der Waals surface area (Å²) >= 11 is 0. The summed E-state index contributed by atoms with van der Waals surface area (Å²) in [6.45, 7) is 3.94. The summed E-state index contributed by atoms with van der Waals surface area (Å²) in [5.41, 5.74) is 0.372. The van der Waals surface area contributed by atoms with Gasteiger partial charge in [0.15, 0.2) is 6.29 Å². The Labute approximate surface area is 70.0 Å². The predicted octanol–water partition coefficient (Wildman–Crippen LogP) is 0.847. The number of rotatable bonds is 3. The third-order valence-corrected chi connectivity index (χ3v) is 1.47. The zero-order valence-corrected chi connectivity index (χ0v) is 6.56. The third kappa shape index (κ3) is 1.69. The van der Waals surface area contributed by atoms with E-state index in [0.717, 1.165) is 0 Å². The molecule has 3 nitrogen and oxygen atoms in total. The molecule has 12 heavy (non-hydrogen) atoms. The van der Waals surface area contributed by atoms with E-state index < -0.39 is 0 Å². The van der Waals surface area contributed by atoms with Crippen LogP contribution in [-0.2, 0) is 6.54 Å². The molecule has 1 aromatic rings. The minimum absolute atomic E-state index is 0.125. The lowest BCUT2D eigenvalue weighted by Gasteiger charge is -2.00. The average molecular weight is 163 g/mol. The summed E-state index contributed by atoms with van der Waals surface area (Å²) < 4.78 is 1.43. The number of nitrogens with zero attached hydrogens (tertiary/aromatic N) is 1. The first-order chi connectivity index (χ1) is 5.77. The van der Waals surface area contributed by atoms with Gasteiger partial charge in [0.05, 0.1) is 0 Å². The predicted molar refractivity (Wildman–Crippen MR) is 46.3 cm³/mol. The maximum atomic E-state index is 11.1. The fourth-order valence-corrected chi connectivity index (χ4v) is 0.901. The van der Waals surface area contributed by atoms with Crippen LogP contribution in [-0.4, -0.2) is 10.9 Å². The van der Waals surface area contributed by atoms with Gasteiger partial charge in [0.1, 0.15) is 0 Å². The van der Waals surface area contributed by atoms with E-state index in [-0.39, 0.29) is 5.56 Å². The summed E-state index contributed by atoms with van der Waals surface area (Å²) in [4.78, 5) is 21.4. The monoisotopic (exact) mass is 163 g/mol. The first kappa shape index (κ1) is 8.46. The van der Waals surface area contributed by atoms with Crippen molar-refractivity contribution in [1.82, 2.24) is 4.57 Å². The number of carbonyl (C=O) groups is 1. The highest BCUT2D eigenvalue weighted by atomic mass is 16.1. The van der Waals surface area contributed by atoms with E-state index in [0.29, 0.717) is 18.4 Å². The highest BCUT2D eigenvalue weighted by Crippen LogP contribution is 1.90. The first-order valence-electron chi connectivity index (χ1n) is 3.54. The van der Waals surface area contributed by atoms with Crippen LogP contribution in [0.5, 0.6) is 0 Å². The van der Waals surface area contributed by atoms with Gasteiger partial charge in [-0.05, 0) is 6.07 Å². The molecule has 0 aliphatic heterocycles. The van der Waals surface area contributed by atoms with Gasteiger partial charge in [-0.1, -0.05) is 6.08 Å². The lowest BCUT2D eigenvalue weighted by molar-refractivity contribution is 0.112. The van der Waals surface area contributed by atoms with Gasteiger partial charge in [-0.2, -0.15) is 0 Å². The molecular formula is C9H9NO2.